The van der Waals surface area contributed by atoms with E-state index in [0.29, 0.717) is 6.04 Å². The highest BCUT2D eigenvalue weighted by molar-refractivity contribution is 5.01. The Morgan fingerprint density at radius 3 is 2.35 bits per heavy atom. The number of hydrogen-bond acceptors (Lipinski definition) is 3. The number of methoxy groups -OCH3 is 1. The van der Waals surface area contributed by atoms with Crippen LogP contribution in [0, 0.1) is 0 Å². The minimum atomic E-state index is 0.151. The van der Waals surface area contributed by atoms with Crippen molar-refractivity contribution >= 4 is 0 Å². The molecule has 3 heteroatoms. The van der Waals surface area contributed by atoms with Gasteiger partial charge in [-0.1, -0.05) is 6.58 Å². The van der Waals surface area contributed by atoms with Crippen molar-refractivity contribution < 1.29 is 4.74 Å². The van der Waals surface area contributed by atoms with Crippen LogP contribution in [0.15, 0.2) is 12.2 Å². The monoisotopic (exact) mass is 242 g/mol. The third kappa shape index (κ3) is 9.33. The molecule has 0 saturated carbocycles. The van der Waals surface area contributed by atoms with Crippen molar-refractivity contribution in [2.45, 2.75) is 46.2 Å². The van der Waals surface area contributed by atoms with Gasteiger partial charge in [-0.25, -0.2) is 0 Å². The van der Waals surface area contributed by atoms with Crippen LogP contribution in [0.2, 0.25) is 0 Å². The van der Waals surface area contributed by atoms with Gasteiger partial charge in [-0.15, -0.1) is 0 Å². The molecule has 0 heterocycles. The van der Waals surface area contributed by atoms with Crippen molar-refractivity contribution in [2.24, 2.45) is 0 Å². The summed E-state index contributed by atoms with van der Waals surface area (Å²) in [5.74, 6) is 0. The maximum absolute atomic E-state index is 5.13. The van der Waals surface area contributed by atoms with E-state index in [2.05, 4.69) is 51.4 Å². The summed E-state index contributed by atoms with van der Waals surface area (Å²) < 4.78 is 5.13. The van der Waals surface area contributed by atoms with Gasteiger partial charge in [0.25, 0.3) is 0 Å². The number of rotatable bonds is 8. The first-order chi connectivity index (χ1) is 7.76. The van der Waals surface area contributed by atoms with Gasteiger partial charge in [0.1, 0.15) is 0 Å². The summed E-state index contributed by atoms with van der Waals surface area (Å²) in [6.45, 7) is 18.6. The van der Waals surface area contributed by atoms with E-state index in [1.165, 1.54) is 5.57 Å². The van der Waals surface area contributed by atoms with E-state index in [-0.39, 0.29) is 5.54 Å². The summed E-state index contributed by atoms with van der Waals surface area (Å²) in [4.78, 5) is 2.39. The molecule has 0 aromatic carbocycles. The summed E-state index contributed by atoms with van der Waals surface area (Å²) >= 11 is 0. The quantitative estimate of drug-likeness (QED) is 0.661. The van der Waals surface area contributed by atoms with E-state index in [1.807, 2.05) is 0 Å². The maximum Gasteiger partial charge on any atom is 0.0589 e. The summed E-state index contributed by atoms with van der Waals surface area (Å²) in [6.07, 6.45) is 0. The first-order valence-corrected chi connectivity index (χ1v) is 6.41. The lowest BCUT2D eigenvalue weighted by Crippen LogP contribution is -2.40. The molecule has 0 aromatic heterocycles. The molecule has 0 aromatic rings. The number of nitrogens with one attached hydrogen (secondary N) is 1. The minimum Gasteiger partial charge on any atom is -0.383 e. The van der Waals surface area contributed by atoms with Gasteiger partial charge in [-0.2, -0.15) is 0 Å². The normalized spacial score (nSPS) is 12.5. The Bertz CT molecular complexity index is 219. The summed E-state index contributed by atoms with van der Waals surface area (Å²) in [7, 11) is 1.74. The minimum absolute atomic E-state index is 0.151. The molecule has 1 N–H and O–H groups in total. The molecule has 102 valence electrons. The second-order valence-corrected chi connectivity index (χ2v) is 5.91. The van der Waals surface area contributed by atoms with Crippen LogP contribution in [0.3, 0.4) is 0 Å². The van der Waals surface area contributed by atoms with E-state index in [9.17, 15) is 0 Å². The molecular weight excluding hydrogens is 212 g/mol. The summed E-state index contributed by atoms with van der Waals surface area (Å²) in [5, 5.41) is 3.46. The first-order valence-electron chi connectivity index (χ1n) is 6.41. The fourth-order valence-corrected chi connectivity index (χ4v) is 1.46. The molecule has 0 rings (SSSR count). The van der Waals surface area contributed by atoms with E-state index < -0.39 is 0 Å². The molecule has 0 atom stereocenters. The second kappa shape index (κ2) is 7.85. The highest BCUT2D eigenvalue weighted by atomic mass is 16.5. The average Bonchev–Trinajstić information content (AvgIpc) is 2.19. The van der Waals surface area contributed by atoms with Crippen molar-refractivity contribution in [3.8, 4) is 0 Å². The zero-order valence-corrected chi connectivity index (χ0v) is 12.5. The third-order valence-corrected chi connectivity index (χ3v) is 2.61. The van der Waals surface area contributed by atoms with Crippen LogP contribution < -0.4 is 5.32 Å². The van der Waals surface area contributed by atoms with Crippen LogP contribution in [0.4, 0.5) is 0 Å². The van der Waals surface area contributed by atoms with Gasteiger partial charge in [-0.3, -0.25) is 4.90 Å². The van der Waals surface area contributed by atoms with Crippen LogP contribution in [0.25, 0.3) is 0 Å². The van der Waals surface area contributed by atoms with Gasteiger partial charge >= 0.3 is 0 Å². The molecule has 0 amide bonds. The van der Waals surface area contributed by atoms with Crippen LogP contribution in [0.5, 0.6) is 0 Å². The fourth-order valence-electron chi connectivity index (χ4n) is 1.46. The summed E-state index contributed by atoms with van der Waals surface area (Å²) in [6, 6.07) is 0.525. The van der Waals surface area contributed by atoms with Crippen molar-refractivity contribution in [1.82, 2.24) is 10.2 Å². The van der Waals surface area contributed by atoms with Crippen molar-refractivity contribution in [3.05, 3.63) is 12.2 Å². The predicted octanol–water partition coefficient (Wildman–Crippen LogP) is 2.29. The predicted molar refractivity (Wildman–Crippen MR) is 75.5 cm³/mol. The van der Waals surface area contributed by atoms with Crippen LogP contribution in [-0.4, -0.2) is 49.8 Å². The Kier molecular flexibility index (Phi) is 7.68. The Hall–Kier alpha value is -0.380. The molecule has 0 saturated heterocycles. The Morgan fingerprint density at radius 2 is 1.94 bits per heavy atom. The van der Waals surface area contributed by atoms with Gasteiger partial charge < -0.3 is 10.1 Å². The van der Waals surface area contributed by atoms with Crippen LogP contribution in [-0.2, 0) is 4.74 Å². The lowest BCUT2D eigenvalue weighted by molar-refractivity contribution is 0.136. The van der Waals surface area contributed by atoms with Gasteiger partial charge in [0, 0.05) is 38.3 Å². The van der Waals surface area contributed by atoms with E-state index in [4.69, 9.17) is 4.74 Å². The zero-order chi connectivity index (χ0) is 13.5. The fraction of sp³-hybridized carbons (Fsp3) is 0.857. The summed E-state index contributed by atoms with van der Waals surface area (Å²) in [5.41, 5.74) is 1.38. The first kappa shape index (κ1) is 16.6. The number of nitrogens with zero attached hydrogens (tertiary/aromatic N) is 1. The maximum atomic E-state index is 5.13. The smallest absolute Gasteiger partial charge is 0.0589 e. The molecule has 0 fully saturated rings. The van der Waals surface area contributed by atoms with Crippen LogP contribution in [0.1, 0.15) is 34.6 Å². The highest BCUT2D eigenvalue weighted by Gasteiger charge is 2.13. The molecule has 17 heavy (non-hydrogen) atoms. The number of hydrogen-bond donors (Lipinski definition) is 1. The van der Waals surface area contributed by atoms with Gasteiger partial charge in [0.15, 0.2) is 0 Å². The third-order valence-electron chi connectivity index (χ3n) is 2.61. The van der Waals surface area contributed by atoms with Crippen molar-refractivity contribution in [3.63, 3.8) is 0 Å². The molecule has 0 aliphatic heterocycles. The lowest BCUT2D eigenvalue weighted by Gasteiger charge is -2.28. The zero-order valence-electron chi connectivity index (χ0n) is 12.5. The Labute approximate surface area is 107 Å². The molecule has 3 nitrogen and oxygen atoms in total. The molecule has 0 spiro atoms. The van der Waals surface area contributed by atoms with Gasteiger partial charge in [0.05, 0.1) is 6.61 Å². The van der Waals surface area contributed by atoms with E-state index in [0.717, 1.165) is 26.2 Å². The molecule has 0 unspecified atom stereocenters. The van der Waals surface area contributed by atoms with E-state index >= 15 is 0 Å². The Balaban J connectivity index is 4.04. The SMILES string of the molecule is C=C(CNC(C)(C)C)CN(CCOC)C(C)C. The Morgan fingerprint density at radius 1 is 1.35 bits per heavy atom. The highest BCUT2D eigenvalue weighted by Crippen LogP contribution is 2.04. The van der Waals surface area contributed by atoms with E-state index in [1.54, 1.807) is 7.11 Å². The van der Waals surface area contributed by atoms with Gasteiger partial charge in [-0.05, 0) is 40.2 Å². The average molecular weight is 242 g/mol. The molecular formula is C14H30N2O. The largest absolute Gasteiger partial charge is 0.383 e. The number of ether oxygens (including phenoxy) is 1. The molecule has 0 aliphatic rings. The van der Waals surface area contributed by atoms with Crippen molar-refractivity contribution in [1.29, 1.82) is 0 Å². The molecule has 0 aliphatic carbocycles. The topological polar surface area (TPSA) is 24.5 Å². The molecule has 0 bridgehead atoms. The molecule has 0 radical (unpaired) electrons. The lowest BCUT2D eigenvalue weighted by atomic mass is 10.1. The second-order valence-electron chi connectivity index (χ2n) is 5.91. The van der Waals surface area contributed by atoms with Crippen LogP contribution >= 0.6 is 0 Å². The standard InChI is InChI=1S/C14H30N2O/c1-12(2)16(8-9-17-7)11-13(3)10-15-14(4,5)6/h12,15H,3,8-11H2,1-2,4-7H3. The van der Waals surface area contributed by atoms with Crippen molar-refractivity contribution in [2.75, 3.05) is 33.4 Å². The van der Waals surface area contributed by atoms with Gasteiger partial charge in [0.2, 0.25) is 0 Å².